The van der Waals surface area contributed by atoms with E-state index >= 15 is 0 Å². The van der Waals surface area contributed by atoms with E-state index < -0.39 is 6.03 Å². The van der Waals surface area contributed by atoms with Gasteiger partial charge in [0.1, 0.15) is 5.82 Å². The molecule has 0 saturated heterocycles. The fourth-order valence-corrected chi connectivity index (χ4v) is 1.29. The summed E-state index contributed by atoms with van der Waals surface area (Å²) in [7, 11) is 0. The first kappa shape index (κ1) is 14.0. The van der Waals surface area contributed by atoms with Crippen molar-refractivity contribution in [3.8, 4) is 0 Å². The van der Waals surface area contributed by atoms with Crippen molar-refractivity contribution in [3.05, 3.63) is 35.6 Å². The summed E-state index contributed by atoms with van der Waals surface area (Å²) >= 11 is 0. The van der Waals surface area contributed by atoms with Gasteiger partial charge in [-0.3, -0.25) is 4.79 Å². The quantitative estimate of drug-likeness (QED) is 0.678. The summed E-state index contributed by atoms with van der Waals surface area (Å²) in [5.74, 6) is -0.500. The van der Waals surface area contributed by atoms with Crippen LogP contribution >= 0.6 is 0 Å². The molecule has 0 bridgehead atoms. The molecule has 18 heavy (non-hydrogen) atoms. The lowest BCUT2D eigenvalue weighted by molar-refractivity contribution is -0.118. The Morgan fingerprint density at radius 3 is 2.44 bits per heavy atom. The molecule has 0 aliphatic rings. The molecule has 5 nitrogen and oxygen atoms in total. The molecule has 0 aromatic heterocycles. The Morgan fingerprint density at radius 2 is 1.78 bits per heavy atom. The van der Waals surface area contributed by atoms with Gasteiger partial charge in [-0.2, -0.15) is 0 Å². The lowest BCUT2D eigenvalue weighted by atomic mass is 10.2. The molecule has 0 aliphatic carbocycles. The maximum absolute atomic E-state index is 13.2. The van der Waals surface area contributed by atoms with E-state index in [4.69, 9.17) is 0 Å². The van der Waals surface area contributed by atoms with E-state index in [1.54, 1.807) is 18.2 Å². The van der Waals surface area contributed by atoms with Gasteiger partial charge < -0.3 is 16.0 Å². The number of benzene rings is 1. The number of urea groups is 1. The summed E-state index contributed by atoms with van der Waals surface area (Å²) in [6.45, 7) is 2.21. The molecule has 3 N–H and O–H groups in total. The zero-order valence-corrected chi connectivity index (χ0v) is 10.1. The summed E-state index contributed by atoms with van der Waals surface area (Å²) in [6.07, 6.45) is 0. The van der Waals surface area contributed by atoms with Crippen molar-refractivity contribution in [2.24, 2.45) is 0 Å². The molecular formula is C12H16FN3O2. The van der Waals surface area contributed by atoms with E-state index in [1.165, 1.54) is 13.0 Å². The molecule has 1 rings (SSSR count). The van der Waals surface area contributed by atoms with Crippen LogP contribution in [0.25, 0.3) is 0 Å². The third-order valence-corrected chi connectivity index (χ3v) is 2.18. The Kier molecular flexibility index (Phi) is 5.63. The van der Waals surface area contributed by atoms with Crippen LogP contribution in [-0.4, -0.2) is 25.0 Å². The fourth-order valence-electron chi connectivity index (χ4n) is 1.29. The average Bonchev–Trinajstić information content (AvgIpc) is 2.33. The Balaban J connectivity index is 2.21. The van der Waals surface area contributed by atoms with Crippen molar-refractivity contribution >= 4 is 11.9 Å². The van der Waals surface area contributed by atoms with Crippen LogP contribution in [0.2, 0.25) is 0 Å². The molecule has 0 spiro atoms. The van der Waals surface area contributed by atoms with Gasteiger partial charge in [-0.15, -0.1) is 0 Å². The molecule has 6 heteroatoms. The molecule has 1 aromatic rings. The Hall–Kier alpha value is -2.11. The van der Waals surface area contributed by atoms with Gasteiger partial charge in [0, 0.05) is 32.1 Å². The second kappa shape index (κ2) is 7.26. The lowest BCUT2D eigenvalue weighted by Crippen LogP contribution is -2.39. The Labute approximate surface area is 105 Å². The van der Waals surface area contributed by atoms with Crippen molar-refractivity contribution in [2.75, 3.05) is 13.1 Å². The van der Waals surface area contributed by atoms with Gasteiger partial charge in [-0.25, -0.2) is 9.18 Å². The van der Waals surface area contributed by atoms with Gasteiger partial charge in [0.15, 0.2) is 0 Å². The minimum atomic E-state index is -0.399. The zero-order valence-electron chi connectivity index (χ0n) is 10.1. The molecule has 0 saturated carbocycles. The molecule has 1 aromatic carbocycles. The van der Waals surface area contributed by atoms with Crippen LogP contribution < -0.4 is 16.0 Å². The second-order valence-corrected chi connectivity index (χ2v) is 3.68. The minimum absolute atomic E-state index is 0.124. The van der Waals surface area contributed by atoms with Crippen LogP contribution in [0.5, 0.6) is 0 Å². The summed E-state index contributed by atoms with van der Waals surface area (Å²) in [5, 5.41) is 7.61. The van der Waals surface area contributed by atoms with Crippen LogP contribution in [0, 0.1) is 5.82 Å². The fraction of sp³-hybridized carbons (Fsp3) is 0.333. The molecule has 0 radical (unpaired) electrons. The Bertz CT molecular complexity index is 424. The van der Waals surface area contributed by atoms with Crippen molar-refractivity contribution in [3.63, 3.8) is 0 Å². The van der Waals surface area contributed by atoms with Crippen molar-refractivity contribution in [2.45, 2.75) is 13.5 Å². The van der Waals surface area contributed by atoms with E-state index in [9.17, 15) is 14.0 Å². The standard InChI is InChI=1S/C12H16FN3O2/c1-9(17)14-6-7-15-12(18)16-8-10-4-2-3-5-11(10)13/h2-5H,6-8H2,1H3,(H,14,17)(H2,15,16,18). The largest absolute Gasteiger partial charge is 0.355 e. The topological polar surface area (TPSA) is 70.2 Å². The highest BCUT2D eigenvalue weighted by molar-refractivity contribution is 5.74. The molecule has 0 heterocycles. The van der Waals surface area contributed by atoms with Crippen LogP contribution in [0.4, 0.5) is 9.18 Å². The highest BCUT2D eigenvalue weighted by atomic mass is 19.1. The van der Waals surface area contributed by atoms with Crippen LogP contribution in [0.3, 0.4) is 0 Å². The van der Waals surface area contributed by atoms with Gasteiger partial charge in [-0.05, 0) is 6.07 Å². The maximum atomic E-state index is 13.2. The van der Waals surface area contributed by atoms with Gasteiger partial charge in [-0.1, -0.05) is 18.2 Å². The first-order chi connectivity index (χ1) is 8.59. The predicted octanol–water partition coefficient (Wildman–Crippen LogP) is 0.761. The van der Waals surface area contributed by atoms with Gasteiger partial charge in [0.25, 0.3) is 0 Å². The second-order valence-electron chi connectivity index (χ2n) is 3.68. The first-order valence-electron chi connectivity index (χ1n) is 5.59. The van der Waals surface area contributed by atoms with Crippen molar-refractivity contribution < 1.29 is 14.0 Å². The molecule has 0 atom stereocenters. The van der Waals surface area contributed by atoms with E-state index in [1.807, 2.05) is 0 Å². The highest BCUT2D eigenvalue weighted by Crippen LogP contribution is 2.04. The number of carbonyl (C=O) groups excluding carboxylic acids is 2. The third-order valence-electron chi connectivity index (χ3n) is 2.18. The van der Waals surface area contributed by atoms with Crippen LogP contribution in [0.15, 0.2) is 24.3 Å². The van der Waals surface area contributed by atoms with E-state index in [-0.39, 0.29) is 18.3 Å². The molecule has 0 unspecified atom stereocenters. The zero-order chi connectivity index (χ0) is 13.4. The predicted molar refractivity (Wildman–Crippen MR) is 65.3 cm³/mol. The molecule has 98 valence electrons. The smallest absolute Gasteiger partial charge is 0.315 e. The van der Waals surface area contributed by atoms with Gasteiger partial charge in [0.2, 0.25) is 5.91 Å². The summed E-state index contributed by atoms with van der Waals surface area (Å²) < 4.78 is 13.2. The monoisotopic (exact) mass is 253 g/mol. The first-order valence-corrected chi connectivity index (χ1v) is 5.59. The number of amides is 3. The summed E-state index contributed by atoms with van der Waals surface area (Å²) in [4.78, 5) is 21.9. The van der Waals surface area contributed by atoms with E-state index in [2.05, 4.69) is 16.0 Å². The number of carbonyl (C=O) groups is 2. The number of halogens is 1. The number of nitrogens with one attached hydrogen (secondary N) is 3. The van der Waals surface area contributed by atoms with Crippen molar-refractivity contribution in [1.29, 1.82) is 0 Å². The molecule has 0 fully saturated rings. The van der Waals surface area contributed by atoms with Crippen LogP contribution in [0.1, 0.15) is 12.5 Å². The number of hydrogen-bond donors (Lipinski definition) is 3. The summed E-state index contributed by atoms with van der Waals surface area (Å²) in [6, 6.07) is 5.84. The highest BCUT2D eigenvalue weighted by Gasteiger charge is 2.03. The van der Waals surface area contributed by atoms with Gasteiger partial charge in [0.05, 0.1) is 0 Å². The molecule has 0 aliphatic heterocycles. The average molecular weight is 253 g/mol. The maximum Gasteiger partial charge on any atom is 0.315 e. The number of hydrogen-bond acceptors (Lipinski definition) is 2. The SMILES string of the molecule is CC(=O)NCCNC(=O)NCc1ccccc1F. The van der Waals surface area contributed by atoms with E-state index in [0.29, 0.717) is 18.7 Å². The lowest BCUT2D eigenvalue weighted by Gasteiger charge is -2.08. The third kappa shape index (κ3) is 5.29. The summed E-state index contributed by atoms with van der Waals surface area (Å²) in [5.41, 5.74) is 0.425. The Morgan fingerprint density at radius 1 is 1.11 bits per heavy atom. The van der Waals surface area contributed by atoms with Crippen molar-refractivity contribution in [1.82, 2.24) is 16.0 Å². The van der Waals surface area contributed by atoms with Gasteiger partial charge >= 0.3 is 6.03 Å². The number of rotatable bonds is 5. The normalized spacial score (nSPS) is 9.67. The minimum Gasteiger partial charge on any atom is -0.355 e. The van der Waals surface area contributed by atoms with E-state index in [0.717, 1.165) is 0 Å². The molecular weight excluding hydrogens is 237 g/mol. The molecule has 3 amide bonds. The van der Waals surface area contributed by atoms with Crippen LogP contribution in [-0.2, 0) is 11.3 Å².